The summed E-state index contributed by atoms with van der Waals surface area (Å²) in [6, 6.07) is 11.9. The monoisotopic (exact) mass is 400 g/mol. The van der Waals surface area contributed by atoms with Crippen molar-refractivity contribution in [1.29, 1.82) is 0 Å². The Bertz CT molecular complexity index is 911. The molecule has 28 heavy (non-hydrogen) atoms. The number of amides is 2. The molecule has 0 aromatic heterocycles. The summed E-state index contributed by atoms with van der Waals surface area (Å²) in [6.07, 6.45) is 5.16. The molecule has 1 aliphatic heterocycles. The van der Waals surface area contributed by atoms with E-state index in [1.165, 1.54) is 23.8 Å². The SMILES string of the molecule is O=C(Nc1ccc(F)c(Cl)c1)N(CC1CC1)c1ccccc1C1=CCOCC1. The molecule has 2 amide bonds. The Morgan fingerprint density at radius 1 is 1.25 bits per heavy atom. The van der Waals surface area contributed by atoms with Gasteiger partial charge in [-0.25, -0.2) is 9.18 Å². The number of hydrogen-bond acceptors (Lipinski definition) is 2. The number of carbonyl (C=O) groups excluding carboxylic acids is 1. The molecule has 1 N–H and O–H groups in total. The number of urea groups is 1. The van der Waals surface area contributed by atoms with Gasteiger partial charge in [0.1, 0.15) is 5.82 Å². The highest BCUT2D eigenvalue weighted by atomic mass is 35.5. The predicted molar refractivity (Wildman–Crippen MR) is 110 cm³/mol. The second kappa shape index (κ2) is 8.33. The molecule has 1 saturated carbocycles. The van der Waals surface area contributed by atoms with E-state index in [0.717, 1.165) is 30.5 Å². The van der Waals surface area contributed by atoms with Crippen LogP contribution in [0.25, 0.3) is 5.57 Å². The van der Waals surface area contributed by atoms with Gasteiger partial charge in [-0.15, -0.1) is 0 Å². The van der Waals surface area contributed by atoms with Gasteiger partial charge >= 0.3 is 6.03 Å². The van der Waals surface area contributed by atoms with E-state index in [9.17, 15) is 9.18 Å². The summed E-state index contributed by atoms with van der Waals surface area (Å²) >= 11 is 5.86. The normalized spacial score (nSPS) is 16.4. The van der Waals surface area contributed by atoms with Gasteiger partial charge in [-0.3, -0.25) is 4.90 Å². The van der Waals surface area contributed by atoms with Gasteiger partial charge in [-0.2, -0.15) is 0 Å². The van der Waals surface area contributed by atoms with Crippen LogP contribution >= 0.6 is 11.6 Å². The summed E-state index contributed by atoms with van der Waals surface area (Å²) in [5.74, 6) is 0.00517. The Morgan fingerprint density at radius 2 is 2.07 bits per heavy atom. The van der Waals surface area contributed by atoms with Crippen LogP contribution in [0.4, 0.5) is 20.6 Å². The molecule has 4 nitrogen and oxygen atoms in total. The van der Waals surface area contributed by atoms with Crippen molar-refractivity contribution in [2.75, 3.05) is 30.0 Å². The lowest BCUT2D eigenvalue weighted by Crippen LogP contribution is -2.37. The number of rotatable bonds is 5. The smallest absolute Gasteiger partial charge is 0.326 e. The fraction of sp³-hybridized carbons (Fsp3) is 0.318. The average Bonchev–Trinajstić information content (AvgIpc) is 3.54. The molecule has 2 aliphatic rings. The van der Waals surface area contributed by atoms with Crippen LogP contribution < -0.4 is 10.2 Å². The van der Waals surface area contributed by atoms with E-state index in [2.05, 4.69) is 17.5 Å². The molecule has 1 heterocycles. The van der Waals surface area contributed by atoms with Crippen LogP contribution in [0.1, 0.15) is 24.8 Å². The third-order valence-corrected chi connectivity index (χ3v) is 5.35. The van der Waals surface area contributed by atoms with Gasteiger partial charge in [0, 0.05) is 17.8 Å². The highest BCUT2D eigenvalue weighted by Gasteiger charge is 2.29. The second-order valence-corrected chi connectivity index (χ2v) is 7.59. The number of ether oxygens (including phenoxy) is 1. The molecular formula is C22H22ClFN2O2. The lowest BCUT2D eigenvalue weighted by Gasteiger charge is -2.27. The molecule has 0 saturated heterocycles. The van der Waals surface area contributed by atoms with Crippen molar-refractivity contribution >= 4 is 34.6 Å². The molecule has 0 spiro atoms. The summed E-state index contributed by atoms with van der Waals surface area (Å²) in [6.45, 7) is 1.93. The number of anilines is 2. The first-order chi connectivity index (χ1) is 13.6. The Morgan fingerprint density at radius 3 is 2.79 bits per heavy atom. The van der Waals surface area contributed by atoms with E-state index < -0.39 is 5.82 Å². The van der Waals surface area contributed by atoms with Crippen LogP contribution in [0.5, 0.6) is 0 Å². The van der Waals surface area contributed by atoms with Gasteiger partial charge in [0.25, 0.3) is 0 Å². The largest absolute Gasteiger partial charge is 0.377 e. The molecule has 0 atom stereocenters. The van der Waals surface area contributed by atoms with Gasteiger partial charge in [-0.1, -0.05) is 35.9 Å². The van der Waals surface area contributed by atoms with E-state index in [1.807, 2.05) is 18.2 Å². The predicted octanol–water partition coefficient (Wildman–Crippen LogP) is 5.73. The molecule has 1 aliphatic carbocycles. The minimum atomic E-state index is -0.508. The standard InChI is InChI=1S/C22H22ClFN2O2/c23-19-13-17(7-8-20(19)24)25-22(27)26(14-15-5-6-15)21-4-2-1-3-18(21)16-9-11-28-12-10-16/h1-4,7-9,13,15H,5-6,10-12,14H2,(H,25,27). The molecule has 0 radical (unpaired) electrons. The summed E-state index contributed by atoms with van der Waals surface area (Å²) in [7, 11) is 0. The molecule has 2 aromatic carbocycles. The van der Waals surface area contributed by atoms with Crippen LogP contribution in [-0.4, -0.2) is 25.8 Å². The van der Waals surface area contributed by atoms with E-state index in [0.29, 0.717) is 31.4 Å². The van der Waals surface area contributed by atoms with E-state index in [-0.39, 0.29) is 11.1 Å². The van der Waals surface area contributed by atoms with Crippen LogP contribution in [0.15, 0.2) is 48.5 Å². The van der Waals surface area contributed by atoms with Gasteiger partial charge in [0.15, 0.2) is 0 Å². The minimum absolute atomic E-state index is 0.0145. The van der Waals surface area contributed by atoms with Crippen LogP contribution in [0.2, 0.25) is 5.02 Å². The number of para-hydroxylation sites is 1. The lowest BCUT2D eigenvalue weighted by atomic mass is 9.99. The summed E-state index contributed by atoms with van der Waals surface area (Å²) < 4.78 is 18.9. The number of benzene rings is 2. The van der Waals surface area contributed by atoms with E-state index >= 15 is 0 Å². The van der Waals surface area contributed by atoms with Crippen molar-refractivity contribution in [2.24, 2.45) is 5.92 Å². The van der Waals surface area contributed by atoms with Crippen LogP contribution in [0, 0.1) is 11.7 Å². The van der Waals surface area contributed by atoms with Crippen LogP contribution in [-0.2, 0) is 4.74 Å². The first kappa shape index (κ1) is 19.0. The van der Waals surface area contributed by atoms with Crippen molar-refractivity contribution < 1.29 is 13.9 Å². The van der Waals surface area contributed by atoms with Crippen LogP contribution in [0.3, 0.4) is 0 Å². The minimum Gasteiger partial charge on any atom is -0.377 e. The van der Waals surface area contributed by atoms with Crippen molar-refractivity contribution in [2.45, 2.75) is 19.3 Å². The topological polar surface area (TPSA) is 41.6 Å². The third-order valence-electron chi connectivity index (χ3n) is 5.06. The maximum Gasteiger partial charge on any atom is 0.326 e. The number of halogens is 2. The molecule has 4 rings (SSSR count). The molecule has 146 valence electrons. The average molecular weight is 401 g/mol. The molecular weight excluding hydrogens is 379 g/mol. The zero-order valence-electron chi connectivity index (χ0n) is 15.5. The first-order valence-corrected chi connectivity index (χ1v) is 9.89. The maximum absolute atomic E-state index is 13.4. The summed E-state index contributed by atoms with van der Waals surface area (Å²) in [4.78, 5) is 14.9. The quantitative estimate of drug-likeness (QED) is 0.696. The Balaban J connectivity index is 1.63. The Labute approximate surface area is 168 Å². The molecule has 0 unspecified atom stereocenters. The van der Waals surface area contributed by atoms with Gasteiger partial charge in [0.05, 0.1) is 23.9 Å². The van der Waals surface area contributed by atoms with Gasteiger partial charge in [-0.05, 0) is 55.0 Å². The second-order valence-electron chi connectivity index (χ2n) is 7.18. The molecule has 0 bridgehead atoms. The fourth-order valence-electron chi connectivity index (χ4n) is 3.37. The molecule has 1 fully saturated rings. The van der Waals surface area contributed by atoms with Gasteiger partial charge in [0.2, 0.25) is 0 Å². The maximum atomic E-state index is 13.4. The first-order valence-electron chi connectivity index (χ1n) is 9.51. The Kier molecular flexibility index (Phi) is 5.64. The number of nitrogens with one attached hydrogen (secondary N) is 1. The van der Waals surface area contributed by atoms with Gasteiger partial charge < -0.3 is 10.1 Å². The Hall–Kier alpha value is -2.37. The highest BCUT2D eigenvalue weighted by molar-refractivity contribution is 6.31. The highest BCUT2D eigenvalue weighted by Crippen LogP contribution is 2.36. The number of carbonyl (C=O) groups is 1. The molecule has 2 aromatic rings. The zero-order valence-corrected chi connectivity index (χ0v) is 16.2. The summed E-state index contributed by atoms with van der Waals surface area (Å²) in [5, 5.41) is 2.85. The fourth-order valence-corrected chi connectivity index (χ4v) is 3.55. The molecule has 6 heteroatoms. The lowest BCUT2D eigenvalue weighted by molar-refractivity contribution is 0.161. The number of hydrogen-bond donors (Lipinski definition) is 1. The number of nitrogens with zero attached hydrogens (tertiary/aromatic N) is 1. The van der Waals surface area contributed by atoms with E-state index in [4.69, 9.17) is 16.3 Å². The van der Waals surface area contributed by atoms with E-state index in [1.54, 1.807) is 4.90 Å². The van der Waals surface area contributed by atoms with Crippen molar-refractivity contribution in [1.82, 2.24) is 0 Å². The zero-order chi connectivity index (χ0) is 19.5. The summed E-state index contributed by atoms with van der Waals surface area (Å²) in [5.41, 5.74) is 3.60. The van der Waals surface area contributed by atoms with Crippen molar-refractivity contribution in [3.63, 3.8) is 0 Å². The van der Waals surface area contributed by atoms with Crippen molar-refractivity contribution in [3.05, 3.63) is 64.9 Å². The third kappa shape index (κ3) is 4.37. The van der Waals surface area contributed by atoms with Crippen molar-refractivity contribution in [3.8, 4) is 0 Å².